The van der Waals surface area contributed by atoms with E-state index in [1.54, 1.807) is 13.0 Å². The highest BCUT2D eigenvalue weighted by molar-refractivity contribution is 5.22. The smallest absolute Gasteiger partial charge is 0.144 e. The maximum atomic E-state index is 8.61. The number of aromatic nitrogens is 2. The molecule has 0 aliphatic heterocycles. The van der Waals surface area contributed by atoms with Crippen molar-refractivity contribution in [1.29, 1.82) is 5.26 Å². The fraction of sp³-hybridized carbons (Fsp3) is 0.444. The molecule has 0 saturated carbocycles. The van der Waals surface area contributed by atoms with Gasteiger partial charge in [0.15, 0.2) is 0 Å². The van der Waals surface area contributed by atoms with E-state index in [2.05, 4.69) is 16.9 Å². The van der Waals surface area contributed by atoms with Crippen LogP contribution in [0.2, 0.25) is 0 Å². The number of nitriles is 1. The molecule has 1 rings (SSSR count). The van der Waals surface area contributed by atoms with Crippen LogP contribution in [0.15, 0.2) is 6.07 Å². The minimum Gasteiger partial charge on any atom is -0.238 e. The molecule has 0 radical (unpaired) electrons. The van der Waals surface area contributed by atoms with E-state index in [0.29, 0.717) is 11.5 Å². The molecule has 3 heteroatoms. The zero-order valence-electron chi connectivity index (χ0n) is 7.33. The molecule has 0 amide bonds. The third kappa shape index (κ3) is 2.03. The lowest BCUT2D eigenvalue weighted by atomic mass is 10.2. The van der Waals surface area contributed by atoms with E-state index in [0.717, 1.165) is 18.5 Å². The minimum absolute atomic E-state index is 0.464. The summed E-state index contributed by atoms with van der Waals surface area (Å²) in [5, 5.41) is 8.61. The predicted molar refractivity (Wildman–Crippen MR) is 45.5 cm³/mol. The van der Waals surface area contributed by atoms with Crippen molar-refractivity contribution in [3.05, 3.63) is 23.3 Å². The first-order valence-corrected chi connectivity index (χ1v) is 4.01. The summed E-state index contributed by atoms with van der Waals surface area (Å²) in [5.41, 5.74) is 1.42. The van der Waals surface area contributed by atoms with E-state index in [9.17, 15) is 0 Å². The van der Waals surface area contributed by atoms with Crippen LogP contribution in [0.25, 0.3) is 0 Å². The topological polar surface area (TPSA) is 49.6 Å². The summed E-state index contributed by atoms with van der Waals surface area (Å²) in [4.78, 5) is 8.17. The van der Waals surface area contributed by atoms with Crippen molar-refractivity contribution in [3.63, 3.8) is 0 Å². The van der Waals surface area contributed by atoms with Crippen LogP contribution in [0.3, 0.4) is 0 Å². The van der Waals surface area contributed by atoms with E-state index in [1.165, 1.54) is 0 Å². The van der Waals surface area contributed by atoms with Gasteiger partial charge in [-0.3, -0.25) is 0 Å². The maximum absolute atomic E-state index is 8.61. The lowest BCUT2D eigenvalue weighted by Crippen LogP contribution is -1.97. The highest BCUT2D eigenvalue weighted by Crippen LogP contribution is 2.02. The Balaban J connectivity index is 3.00. The predicted octanol–water partition coefficient (Wildman–Crippen LogP) is 1.61. The molecule has 0 atom stereocenters. The average molecular weight is 161 g/mol. The Kier molecular flexibility index (Phi) is 2.76. The summed E-state index contributed by atoms with van der Waals surface area (Å²) in [7, 11) is 0. The fourth-order valence-corrected chi connectivity index (χ4v) is 1.07. The Hall–Kier alpha value is -1.43. The summed E-state index contributed by atoms with van der Waals surface area (Å²) >= 11 is 0. The number of aryl methyl sites for hydroxylation is 2. The summed E-state index contributed by atoms with van der Waals surface area (Å²) in [6.07, 6.45) is 1.96. The van der Waals surface area contributed by atoms with Crippen molar-refractivity contribution in [2.24, 2.45) is 0 Å². The molecule has 12 heavy (non-hydrogen) atoms. The van der Waals surface area contributed by atoms with Gasteiger partial charge in [-0.05, 0) is 19.4 Å². The van der Waals surface area contributed by atoms with Crippen LogP contribution in [0.5, 0.6) is 0 Å². The maximum Gasteiger partial charge on any atom is 0.144 e. The van der Waals surface area contributed by atoms with Gasteiger partial charge in [-0.25, -0.2) is 9.97 Å². The van der Waals surface area contributed by atoms with Crippen molar-refractivity contribution in [1.82, 2.24) is 9.97 Å². The molecular formula is C9H11N3. The van der Waals surface area contributed by atoms with Gasteiger partial charge in [0.2, 0.25) is 0 Å². The van der Waals surface area contributed by atoms with Crippen LogP contribution < -0.4 is 0 Å². The number of rotatable bonds is 2. The molecule has 1 aromatic heterocycles. The van der Waals surface area contributed by atoms with E-state index < -0.39 is 0 Å². The molecule has 0 N–H and O–H groups in total. The molecule has 1 heterocycles. The van der Waals surface area contributed by atoms with E-state index >= 15 is 0 Å². The molecule has 0 aliphatic carbocycles. The Bertz CT molecular complexity index is 312. The van der Waals surface area contributed by atoms with Crippen molar-refractivity contribution in [2.45, 2.75) is 26.7 Å². The van der Waals surface area contributed by atoms with E-state index in [-0.39, 0.29) is 0 Å². The third-order valence-corrected chi connectivity index (χ3v) is 1.51. The minimum atomic E-state index is 0.464. The Labute approximate surface area is 72.1 Å². The highest BCUT2D eigenvalue weighted by atomic mass is 14.9. The second kappa shape index (κ2) is 3.82. The monoisotopic (exact) mass is 161 g/mol. The second-order valence-corrected chi connectivity index (χ2v) is 2.65. The molecular weight excluding hydrogens is 150 g/mol. The molecule has 0 unspecified atom stereocenters. The van der Waals surface area contributed by atoms with Crippen LogP contribution in [0, 0.1) is 18.3 Å². The van der Waals surface area contributed by atoms with Gasteiger partial charge in [-0.15, -0.1) is 0 Å². The van der Waals surface area contributed by atoms with Gasteiger partial charge in [0.05, 0.1) is 0 Å². The first-order chi connectivity index (χ1) is 5.76. The van der Waals surface area contributed by atoms with Crippen LogP contribution in [-0.4, -0.2) is 9.97 Å². The summed E-state index contributed by atoms with van der Waals surface area (Å²) in [6.45, 7) is 3.89. The molecule has 0 saturated heterocycles. The Morgan fingerprint density at radius 1 is 1.50 bits per heavy atom. The average Bonchev–Trinajstić information content (AvgIpc) is 2.04. The molecule has 0 fully saturated rings. The van der Waals surface area contributed by atoms with Gasteiger partial charge in [0, 0.05) is 5.69 Å². The van der Waals surface area contributed by atoms with Crippen molar-refractivity contribution in [2.75, 3.05) is 0 Å². The van der Waals surface area contributed by atoms with E-state index in [1.807, 2.05) is 6.07 Å². The lowest BCUT2D eigenvalue weighted by Gasteiger charge is -1.98. The molecule has 0 spiro atoms. The number of nitrogens with zero attached hydrogens (tertiary/aromatic N) is 3. The Morgan fingerprint density at radius 3 is 2.83 bits per heavy atom. The standard InChI is InChI=1S/C9H11N3/c1-3-4-8-5-9(6-10)12-7(2)11-8/h5H,3-4H2,1-2H3. The molecule has 3 nitrogen and oxygen atoms in total. The third-order valence-electron chi connectivity index (χ3n) is 1.51. The first kappa shape index (κ1) is 8.66. The summed E-state index contributed by atoms with van der Waals surface area (Å²) in [5.74, 6) is 0.678. The van der Waals surface area contributed by atoms with Gasteiger partial charge >= 0.3 is 0 Å². The van der Waals surface area contributed by atoms with Crippen molar-refractivity contribution >= 4 is 0 Å². The SMILES string of the molecule is CCCc1cc(C#N)nc(C)n1. The van der Waals surface area contributed by atoms with Crippen molar-refractivity contribution < 1.29 is 0 Å². The molecule has 0 aromatic carbocycles. The van der Waals surface area contributed by atoms with Crippen LogP contribution in [0.4, 0.5) is 0 Å². The van der Waals surface area contributed by atoms with Crippen LogP contribution in [-0.2, 0) is 6.42 Å². The van der Waals surface area contributed by atoms with Crippen LogP contribution >= 0.6 is 0 Å². The van der Waals surface area contributed by atoms with Gasteiger partial charge in [0.25, 0.3) is 0 Å². The number of hydrogen-bond acceptors (Lipinski definition) is 3. The molecule has 0 bridgehead atoms. The van der Waals surface area contributed by atoms with Crippen LogP contribution in [0.1, 0.15) is 30.6 Å². The second-order valence-electron chi connectivity index (χ2n) is 2.65. The lowest BCUT2D eigenvalue weighted by molar-refractivity contribution is 0.853. The Morgan fingerprint density at radius 2 is 2.25 bits per heavy atom. The van der Waals surface area contributed by atoms with Gasteiger partial charge < -0.3 is 0 Å². The normalized spacial score (nSPS) is 9.42. The fourth-order valence-electron chi connectivity index (χ4n) is 1.07. The number of hydrogen-bond donors (Lipinski definition) is 0. The van der Waals surface area contributed by atoms with Gasteiger partial charge in [0.1, 0.15) is 17.6 Å². The first-order valence-electron chi connectivity index (χ1n) is 4.01. The van der Waals surface area contributed by atoms with E-state index in [4.69, 9.17) is 5.26 Å². The van der Waals surface area contributed by atoms with Gasteiger partial charge in [-0.1, -0.05) is 13.3 Å². The molecule has 1 aromatic rings. The van der Waals surface area contributed by atoms with Gasteiger partial charge in [-0.2, -0.15) is 5.26 Å². The van der Waals surface area contributed by atoms with Crippen molar-refractivity contribution in [3.8, 4) is 6.07 Å². The largest absolute Gasteiger partial charge is 0.238 e. The molecule has 0 aliphatic rings. The zero-order valence-corrected chi connectivity index (χ0v) is 7.33. The zero-order chi connectivity index (χ0) is 8.97. The molecule has 62 valence electrons. The summed E-state index contributed by atoms with van der Waals surface area (Å²) in [6, 6.07) is 3.76. The quantitative estimate of drug-likeness (QED) is 0.662. The summed E-state index contributed by atoms with van der Waals surface area (Å²) < 4.78 is 0. The highest BCUT2D eigenvalue weighted by Gasteiger charge is 1.99.